The molecule has 7 heteroatoms. The van der Waals surface area contributed by atoms with Gasteiger partial charge in [0.15, 0.2) is 0 Å². The lowest BCUT2D eigenvalue weighted by atomic mass is 10.1. The molecule has 3 N–H and O–H groups in total. The zero-order valence-corrected chi connectivity index (χ0v) is 15.7. The molecule has 2 heterocycles. The fourth-order valence-corrected chi connectivity index (χ4v) is 3.48. The highest BCUT2D eigenvalue weighted by Gasteiger charge is 2.25. The number of nitrogens with one attached hydrogen (secondary N) is 1. The number of carbonyl (C=O) groups excluding carboxylic acids is 2. The van der Waals surface area contributed by atoms with E-state index in [1.807, 2.05) is 4.90 Å². The van der Waals surface area contributed by atoms with Gasteiger partial charge in [-0.3, -0.25) is 9.59 Å². The number of anilines is 1. The van der Waals surface area contributed by atoms with E-state index < -0.39 is 0 Å². The first kappa shape index (κ1) is 19.8. The fourth-order valence-electron chi connectivity index (χ4n) is 3.48. The Labute approximate surface area is 160 Å². The topological polar surface area (TPSA) is 93.9 Å². The molecule has 0 saturated carbocycles. The largest absolute Gasteiger partial charge is 0.378 e. The van der Waals surface area contributed by atoms with Crippen molar-refractivity contribution >= 4 is 17.5 Å². The van der Waals surface area contributed by atoms with Gasteiger partial charge in [0.05, 0.1) is 6.10 Å². The van der Waals surface area contributed by atoms with E-state index in [0.29, 0.717) is 44.1 Å². The highest BCUT2D eigenvalue weighted by atomic mass is 16.5. The monoisotopic (exact) mass is 375 g/mol. The van der Waals surface area contributed by atoms with Gasteiger partial charge in [0.2, 0.25) is 0 Å². The maximum Gasteiger partial charge on any atom is 0.253 e. The summed E-state index contributed by atoms with van der Waals surface area (Å²) in [5.74, 6) is -0.156. The summed E-state index contributed by atoms with van der Waals surface area (Å²) in [7, 11) is 0. The third kappa shape index (κ3) is 5.51. The van der Waals surface area contributed by atoms with Crippen molar-refractivity contribution in [3.05, 3.63) is 29.8 Å². The number of carbonyl (C=O) groups is 2. The first-order chi connectivity index (χ1) is 13.2. The molecule has 0 spiro atoms. The van der Waals surface area contributed by atoms with E-state index >= 15 is 0 Å². The molecule has 7 nitrogen and oxygen atoms in total. The summed E-state index contributed by atoms with van der Waals surface area (Å²) in [6, 6.07) is 7.11. The zero-order valence-electron chi connectivity index (χ0n) is 15.7. The maximum atomic E-state index is 12.8. The Bertz CT molecular complexity index is 638. The van der Waals surface area contributed by atoms with Crippen molar-refractivity contribution < 1.29 is 19.1 Å². The number of ether oxygens (including phenoxy) is 2. The van der Waals surface area contributed by atoms with Crippen LogP contribution in [0.15, 0.2) is 24.3 Å². The van der Waals surface area contributed by atoms with Gasteiger partial charge in [-0.2, -0.15) is 0 Å². The lowest BCUT2D eigenvalue weighted by Gasteiger charge is -2.32. The van der Waals surface area contributed by atoms with Crippen LogP contribution in [0.3, 0.4) is 0 Å². The number of amides is 2. The van der Waals surface area contributed by atoms with Crippen molar-refractivity contribution in [2.24, 2.45) is 5.73 Å². The van der Waals surface area contributed by atoms with Crippen LogP contribution in [0.2, 0.25) is 0 Å². The number of nitrogens with zero attached hydrogens (tertiary/aromatic N) is 1. The Hall–Kier alpha value is -1.96. The van der Waals surface area contributed by atoms with Crippen molar-refractivity contribution in [3.63, 3.8) is 0 Å². The number of rotatable bonds is 7. The Balaban J connectivity index is 1.52. The molecule has 0 aliphatic carbocycles. The average molecular weight is 375 g/mol. The molecule has 1 aromatic carbocycles. The van der Waals surface area contributed by atoms with Gasteiger partial charge in [0.25, 0.3) is 11.8 Å². The number of likely N-dealkylation sites (tertiary alicyclic amines) is 1. The third-order valence-electron chi connectivity index (χ3n) is 5.03. The van der Waals surface area contributed by atoms with E-state index in [4.69, 9.17) is 15.2 Å². The van der Waals surface area contributed by atoms with E-state index in [2.05, 4.69) is 5.32 Å². The van der Waals surface area contributed by atoms with Crippen LogP contribution in [0.5, 0.6) is 0 Å². The molecule has 2 amide bonds. The average Bonchev–Trinajstić information content (AvgIpc) is 3.23. The molecule has 27 heavy (non-hydrogen) atoms. The summed E-state index contributed by atoms with van der Waals surface area (Å²) in [6.45, 7) is 3.30. The van der Waals surface area contributed by atoms with E-state index in [9.17, 15) is 9.59 Å². The molecular formula is C20H29N3O4. The minimum atomic E-state index is -0.386. The Kier molecular flexibility index (Phi) is 7.20. The molecule has 1 unspecified atom stereocenters. The molecule has 3 rings (SSSR count). The molecule has 0 radical (unpaired) electrons. The SMILES string of the molecule is NCCCOC1CCN(C(=O)c2cccc(NC(=O)C3CCCO3)c2)CC1. The number of benzene rings is 1. The van der Waals surface area contributed by atoms with Crippen molar-refractivity contribution in [2.75, 3.05) is 38.2 Å². The Morgan fingerprint density at radius 1 is 1.26 bits per heavy atom. The van der Waals surface area contributed by atoms with E-state index in [1.54, 1.807) is 24.3 Å². The van der Waals surface area contributed by atoms with Crippen LogP contribution in [0.25, 0.3) is 0 Å². The molecule has 1 atom stereocenters. The summed E-state index contributed by atoms with van der Waals surface area (Å²) in [5, 5.41) is 2.85. The summed E-state index contributed by atoms with van der Waals surface area (Å²) in [6.07, 6.45) is 4.01. The number of hydrogen-bond acceptors (Lipinski definition) is 5. The molecule has 148 valence electrons. The van der Waals surface area contributed by atoms with Gasteiger partial charge in [-0.25, -0.2) is 0 Å². The predicted molar refractivity (Wildman–Crippen MR) is 103 cm³/mol. The van der Waals surface area contributed by atoms with Gasteiger partial charge in [-0.1, -0.05) is 6.07 Å². The number of hydrogen-bond donors (Lipinski definition) is 2. The Morgan fingerprint density at radius 3 is 2.78 bits per heavy atom. The smallest absolute Gasteiger partial charge is 0.253 e. The van der Waals surface area contributed by atoms with Crippen LogP contribution >= 0.6 is 0 Å². The summed E-state index contributed by atoms with van der Waals surface area (Å²) in [5.41, 5.74) is 6.69. The molecule has 0 aromatic heterocycles. The van der Waals surface area contributed by atoms with Gasteiger partial charge < -0.3 is 25.4 Å². The second kappa shape index (κ2) is 9.82. The van der Waals surface area contributed by atoms with Gasteiger partial charge >= 0.3 is 0 Å². The molecule has 2 aliphatic heterocycles. The molecule has 2 aliphatic rings. The lowest BCUT2D eigenvalue weighted by Crippen LogP contribution is -2.41. The van der Waals surface area contributed by atoms with Crippen molar-refractivity contribution in [3.8, 4) is 0 Å². The van der Waals surface area contributed by atoms with Crippen LogP contribution in [-0.2, 0) is 14.3 Å². The second-order valence-electron chi connectivity index (χ2n) is 7.08. The second-order valence-corrected chi connectivity index (χ2v) is 7.08. The fraction of sp³-hybridized carbons (Fsp3) is 0.600. The van der Waals surface area contributed by atoms with Crippen LogP contribution in [-0.4, -0.2) is 61.8 Å². The van der Waals surface area contributed by atoms with Gasteiger partial charge in [-0.05, 0) is 56.8 Å². The lowest BCUT2D eigenvalue weighted by molar-refractivity contribution is -0.124. The van der Waals surface area contributed by atoms with Gasteiger partial charge in [0, 0.05) is 37.6 Å². The predicted octanol–water partition coefficient (Wildman–Crippen LogP) is 1.77. The minimum absolute atomic E-state index is 0.0105. The highest BCUT2D eigenvalue weighted by Crippen LogP contribution is 2.20. The quantitative estimate of drug-likeness (QED) is 0.709. The normalized spacial score (nSPS) is 20.6. The molecular weight excluding hydrogens is 346 g/mol. The first-order valence-electron chi connectivity index (χ1n) is 9.81. The third-order valence-corrected chi connectivity index (χ3v) is 5.03. The zero-order chi connectivity index (χ0) is 19.1. The maximum absolute atomic E-state index is 12.8. The van der Waals surface area contributed by atoms with Gasteiger partial charge in [-0.15, -0.1) is 0 Å². The highest BCUT2D eigenvalue weighted by molar-refractivity contribution is 5.98. The number of nitrogens with two attached hydrogens (primary N) is 1. The summed E-state index contributed by atoms with van der Waals surface area (Å²) < 4.78 is 11.2. The Morgan fingerprint density at radius 2 is 2.07 bits per heavy atom. The minimum Gasteiger partial charge on any atom is -0.378 e. The standard InChI is InChI=1S/C20H29N3O4/c21-9-3-13-26-17-7-10-23(11-8-17)20(25)15-4-1-5-16(14-15)22-19(24)18-6-2-12-27-18/h1,4-5,14,17-18H,2-3,6-13,21H2,(H,22,24). The molecule has 2 fully saturated rings. The van der Waals surface area contributed by atoms with Gasteiger partial charge in [0.1, 0.15) is 6.10 Å². The molecule has 2 saturated heterocycles. The van der Waals surface area contributed by atoms with Crippen LogP contribution in [0, 0.1) is 0 Å². The summed E-state index contributed by atoms with van der Waals surface area (Å²) >= 11 is 0. The van der Waals surface area contributed by atoms with Crippen LogP contribution < -0.4 is 11.1 Å². The number of piperidine rings is 1. The summed E-state index contributed by atoms with van der Waals surface area (Å²) in [4.78, 5) is 26.8. The van der Waals surface area contributed by atoms with E-state index in [1.165, 1.54) is 0 Å². The first-order valence-corrected chi connectivity index (χ1v) is 9.81. The molecule has 1 aromatic rings. The van der Waals surface area contributed by atoms with E-state index in [-0.39, 0.29) is 24.0 Å². The van der Waals surface area contributed by atoms with Crippen molar-refractivity contribution in [1.82, 2.24) is 4.90 Å². The van der Waals surface area contributed by atoms with Crippen LogP contribution in [0.1, 0.15) is 42.5 Å². The molecule has 0 bridgehead atoms. The van der Waals surface area contributed by atoms with E-state index in [0.717, 1.165) is 32.1 Å². The van der Waals surface area contributed by atoms with Crippen molar-refractivity contribution in [2.45, 2.75) is 44.3 Å². The van der Waals surface area contributed by atoms with Crippen molar-refractivity contribution in [1.29, 1.82) is 0 Å². The van der Waals surface area contributed by atoms with Crippen LogP contribution in [0.4, 0.5) is 5.69 Å².